The van der Waals surface area contributed by atoms with Crippen LogP contribution in [0.4, 0.5) is 5.13 Å². The molecule has 2 aromatic heterocycles. The number of aromatic nitrogens is 1. The van der Waals surface area contributed by atoms with E-state index in [2.05, 4.69) is 44.3 Å². The summed E-state index contributed by atoms with van der Waals surface area (Å²) >= 11 is 6.73. The van der Waals surface area contributed by atoms with Gasteiger partial charge >= 0.3 is 0 Å². The molecule has 0 spiro atoms. The summed E-state index contributed by atoms with van der Waals surface area (Å²) in [6.45, 7) is 1.84. The number of rotatable bonds is 4. The minimum atomic E-state index is 0.640. The monoisotopic (exact) mass is 317 g/mol. The maximum absolute atomic E-state index is 5.59. The highest BCUT2D eigenvalue weighted by atomic mass is 79.9. The molecule has 0 saturated carbocycles. The first-order valence-corrected chi connectivity index (χ1v) is 7.24. The zero-order chi connectivity index (χ0) is 11.5. The van der Waals surface area contributed by atoms with Crippen LogP contribution in [0.2, 0.25) is 0 Å². The lowest BCUT2D eigenvalue weighted by atomic mass is 10.3. The smallest absolute Gasteiger partial charge is 0.180 e. The van der Waals surface area contributed by atoms with Gasteiger partial charge in [-0.25, -0.2) is 4.98 Å². The summed E-state index contributed by atoms with van der Waals surface area (Å²) < 4.78 is 1.18. The molecule has 2 rings (SSSR count). The molecule has 0 aliphatic carbocycles. The van der Waals surface area contributed by atoms with Crippen molar-refractivity contribution in [3.63, 3.8) is 0 Å². The molecule has 0 saturated heterocycles. The summed E-state index contributed by atoms with van der Waals surface area (Å²) in [6, 6.07) is 2.15. The SMILES string of the molecule is CN(Cc1csc(Br)c1)Cc1cnc(N)s1. The predicted molar refractivity (Wildman–Crippen MR) is 73.7 cm³/mol. The second-order valence-electron chi connectivity index (χ2n) is 3.60. The van der Waals surface area contributed by atoms with E-state index in [9.17, 15) is 0 Å². The van der Waals surface area contributed by atoms with E-state index in [4.69, 9.17) is 5.73 Å². The van der Waals surface area contributed by atoms with Gasteiger partial charge in [-0.1, -0.05) is 0 Å². The largest absolute Gasteiger partial charge is 0.375 e. The number of nitrogens with two attached hydrogens (primary N) is 1. The molecule has 0 atom stereocenters. The van der Waals surface area contributed by atoms with Crippen molar-refractivity contribution in [2.75, 3.05) is 12.8 Å². The fourth-order valence-electron chi connectivity index (χ4n) is 1.46. The molecule has 2 aromatic rings. The number of hydrogen-bond donors (Lipinski definition) is 1. The molecule has 0 aliphatic rings. The highest BCUT2D eigenvalue weighted by Gasteiger charge is 2.05. The molecule has 0 radical (unpaired) electrons. The maximum Gasteiger partial charge on any atom is 0.180 e. The zero-order valence-corrected chi connectivity index (χ0v) is 12.0. The van der Waals surface area contributed by atoms with E-state index in [1.165, 1.54) is 14.2 Å². The molecule has 0 amide bonds. The minimum Gasteiger partial charge on any atom is -0.375 e. The van der Waals surface area contributed by atoms with E-state index >= 15 is 0 Å². The normalized spacial score (nSPS) is 11.2. The Morgan fingerprint density at radius 3 is 2.88 bits per heavy atom. The van der Waals surface area contributed by atoms with Crippen molar-refractivity contribution in [3.8, 4) is 0 Å². The molecule has 0 bridgehead atoms. The molecule has 2 N–H and O–H groups in total. The van der Waals surface area contributed by atoms with Crippen molar-refractivity contribution in [1.82, 2.24) is 9.88 Å². The van der Waals surface area contributed by atoms with Gasteiger partial charge in [0.25, 0.3) is 0 Å². The number of nitrogen functional groups attached to an aromatic ring is 1. The van der Waals surface area contributed by atoms with Gasteiger partial charge in [0.05, 0.1) is 3.79 Å². The summed E-state index contributed by atoms with van der Waals surface area (Å²) in [5.74, 6) is 0. The zero-order valence-electron chi connectivity index (χ0n) is 8.81. The van der Waals surface area contributed by atoms with Gasteiger partial charge in [0.2, 0.25) is 0 Å². The third-order valence-corrected chi connectivity index (χ3v) is 4.44. The van der Waals surface area contributed by atoms with Crippen LogP contribution in [0.15, 0.2) is 21.4 Å². The number of anilines is 1. The van der Waals surface area contributed by atoms with Crippen molar-refractivity contribution >= 4 is 43.7 Å². The molecule has 0 fully saturated rings. The first-order chi connectivity index (χ1) is 7.63. The molecule has 6 heteroatoms. The molecule has 0 unspecified atom stereocenters. The molecular formula is C10H12BrN3S2. The van der Waals surface area contributed by atoms with Crippen LogP contribution in [0, 0.1) is 0 Å². The highest BCUT2D eigenvalue weighted by molar-refractivity contribution is 9.11. The Morgan fingerprint density at radius 1 is 1.50 bits per heavy atom. The Balaban J connectivity index is 1.91. The van der Waals surface area contributed by atoms with Crippen molar-refractivity contribution in [1.29, 1.82) is 0 Å². The van der Waals surface area contributed by atoms with Gasteiger partial charge in [0, 0.05) is 24.2 Å². The van der Waals surface area contributed by atoms with Crippen LogP contribution in [0.25, 0.3) is 0 Å². The summed E-state index contributed by atoms with van der Waals surface area (Å²) in [6.07, 6.45) is 1.85. The van der Waals surface area contributed by atoms with E-state index in [-0.39, 0.29) is 0 Å². The molecule has 2 heterocycles. The van der Waals surface area contributed by atoms with Gasteiger partial charge in [0.1, 0.15) is 0 Å². The molecule has 16 heavy (non-hydrogen) atoms. The first kappa shape index (κ1) is 12.0. The van der Waals surface area contributed by atoms with Crippen molar-refractivity contribution in [2.24, 2.45) is 0 Å². The Hall–Kier alpha value is -0.430. The number of thiazole rings is 1. The number of nitrogens with zero attached hydrogens (tertiary/aromatic N) is 2. The van der Waals surface area contributed by atoms with Crippen LogP contribution in [-0.2, 0) is 13.1 Å². The van der Waals surface area contributed by atoms with Crippen LogP contribution < -0.4 is 5.73 Å². The number of thiophene rings is 1. The van der Waals surface area contributed by atoms with Crippen LogP contribution in [0.5, 0.6) is 0 Å². The van der Waals surface area contributed by atoms with Gasteiger partial charge in [-0.05, 0) is 40.0 Å². The van der Waals surface area contributed by atoms with Crippen LogP contribution in [0.3, 0.4) is 0 Å². The molecule has 0 aromatic carbocycles. The van der Waals surface area contributed by atoms with Crippen LogP contribution in [-0.4, -0.2) is 16.9 Å². The lowest BCUT2D eigenvalue weighted by Crippen LogP contribution is -2.15. The second kappa shape index (κ2) is 5.27. The van der Waals surface area contributed by atoms with Crippen LogP contribution >= 0.6 is 38.6 Å². The second-order valence-corrected chi connectivity index (χ2v) is 7.03. The highest BCUT2D eigenvalue weighted by Crippen LogP contribution is 2.22. The Labute approximate surface area is 111 Å². The standard InChI is InChI=1S/C10H12BrN3S2/c1-14(4-7-2-9(11)15-6-7)5-8-3-13-10(12)16-8/h2-3,6H,4-5H2,1H3,(H2,12,13). The molecule has 3 nitrogen and oxygen atoms in total. The summed E-state index contributed by atoms with van der Waals surface area (Å²) in [5.41, 5.74) is 6.93. The van der Waals surface area contributed by atoms with Gasteiger partial charge in [0.15, 0.2) is 5.13 Å². The minimum absolute atomic E-state index is 0.640. The fraction of sp³-hybridized carbons (Fsp3) is 0.300. The third-order valence-electron chi connectivity index (χ3n) is 2.07. The Morgan fingerprint density at radius 2 is 2.31 bits per heavy atom. The van der Waals surface area contributed by atoms with Gasteiger partial charge in [-0.15, -0.1) is 22.7 Å². The predicted octanol–water partition coefficient (Wildman–Crippen LogP) is 3.18. The topological polar surface area (TPSA) is 42.2 Å². The van der Waals surface area contributed by atoms with E-state index in [1.807, 2.05) is 6.20 Å². The summed E-state index contributed by atoms with van der Waals surface area (Å²) in [5, 5.41) is 2.81. The van der Waals surface area contributed by atoms with Crippen molar-refractivity contribution < 1.29 is 0 Å². The number of halogens is 1. The van der Waals surface area contributed by atoms with E-state index in [0.29, 0.717) is 5.13 Å². The quantitative estimate of drug-likeness (QED) is 0.941. The van der Waals surface area contributed by atoms with Gasteiger partial charge in [-0.2, -0.15) is 0 Å². The first-order valence-electron chi connectivity index (χ1n) is 4.75. The fourth-order valence-corrected chi connectivity index (χ4v) is 3.42. The van der Waals surface area contributed by atoms with Gasteiger partial charge in [-0.3, -0.25) is 4.90 Å². The lowest BCUT2D eigenvalue weighted by Gasteiger charge is -2.13. The summed E-state index contributed by atoms with van der Waals surface area (Å²) in [7, 11) is 2.10. The average molecular weight is 318 g/mol. The third kappa shape index (κ3) is 3.28. The van der Waals surface area contributed by atoms with Crippen LogP contribution in [0.1, 0.15) is 10.4 Å². The Kier molecular flexibility index (Phi) is 3.96. The molecule has 86 valence electrons. The molecular weight excluding hydrogens is 306 g/mol. The van der Waals surface area contributed by atoms with Gasteiger partial charge < -0.3 is 5.73 Å². The summed E-state index contributed by atoms with van der Waals surface area (Å²) in [4.78, 5) is 7.50. The average Bonchev–Trinajstić information content (AvgIpc) is 2.76. The van der Waals surface area contributed by atoms with E-state index in [1.54, 1.807) is 22.7 Å². The lowest BCUT2D eigenvalue weighted by molar-refractivity contribution is 0.322. The van der Waals surface area contributed by atoms with E-state index < -0.39 is 0 Å². The van der Waals surface area contributed by atoms with Crippen molar-refractivity contribution in [2.45, 2.75) is 13.1 Å². The molecule has 0 aliphatic heterocycles. The van der Waals surface area contributed by atoms with E-state index in [0.717, 1.165) is 13.1 Å². The Bertz CT molecular complexity index is 424. The maximum atomic E-state index is 5.59. The van der Waals surface area contributed by atoms with Crippen molar-refractivity contribution in [3.05, 3.63) is 31.9 Å². The number of hydrogen-bond acceptors (Lipinski definition) is 5.